The molecule has 0 heterocycles. The second kappa shape index (κ2) is 9.65. The summed E-state index contributed by atoms with van der Waals surface area (Å²) in [7, 11) is 0. The summed E-state index contributed by atoms with van der Waals surface area (Å²) in [6.07, 6.45) is 3.11. The number of benzene rings is 1. The lowest BCUT2D eigenvalue weighted by atomic mass is 9.89. The van der Waals surface area contributed by atoms with Gasteiger partial charge >= 0.3 is 0 Å². The summed E-state index contributed by atoms with van der Waals surface area (Å²) >= 11 is 0. The third-order valence-corrected chi connectivity index (χ3v) is 4.65. The summed E-state index contributed by atoms with van der Waals surface area (Å²) < 4.78 is 41.4. The normalized spacial score (nSPS) is 14.7. The van der Waals surface area contributed by atoms with Crippen LogP contribution in [0.3, 0.4) is 0 Å². The molecule has 138 valence electrons. The third-order valence-electron chi connectivity index (χ3n) is 4.65. The first-order chi connectivity index (χ1) is 11.6. The molecular weight excluding hydrogens is 321 g/mol. The van der Waals surface area contributed by atoms with E-state index in [2.05, 4.69) is 20.1 Å². The second-order valence-electron chi connectivity index (χ2n) is 7.15. The van der Waals surface area contributed by atoms with Gasteiger partial charge in [-0.2, -0.15) is 0 Å². The lowest BCUT2D eigenvalue weighted by Crippen LogP contribution is -2.05. The predicted octanol–water partition coefficient (Wildman–Crippen LogP) is 7.40. The van der Waals surface area contributed by atoms with Crippen molar-refractivity contribution in [2.75, 3.05) is 0 Å². The van der Waals surface area contributed by atoms with Crippen molar-refractivity contribution in [2.24, 2.45) is 11.8 Å². The zero-order valence-electron chi connectivity index (χ0n) is 15.8. The summed E-state index contributed by atoms with van der Waals surface area (Å²) in [5.74, 6) is -1.75. The van der Waals surface area contributed by atoms with E-state index in [1.54, 1.807) is 6.07 Å². The van der Waals surface area contributed by atoms with Crippen LogP contribution in [0.25, 0.3) is 0 Å². The highest BCUT2D eigenvalue weighted by atomic mass is 19.2. The molecule has 0 aliphatic carbocycles. The molecule has 0 amide bonds. The first-order valence-corrected chi connectivity index (χ1v) is 8.78. The van der Waals surface area contributed by atoms with Crippen LogP contribution in [0.15, 0.2) is 54.2 Å². The van der Waals surface area contributed by atoms with Crippen LogP contribution in [0.4, 0.5) is 13.2 Å². The van der Waals surface area contributed by atoms with Gasteiger partial charge in [0.1, 0.15) is 5.82 Å². The van der Waals surface area contributed by atoms with Gasteiger partial charge in [-0.15, -0.1) is 0 Å². The Labute approximate surface area is 150 Å². The van der Waals surface area contributed by atoms with Crippen LogP contribution in [0, 0.1) is 24.6 Å². The van der Waals surface area contributed by atoms with E-state index < -0.39 is 11.7 Å². The fraction of sp³-hybridized carbons (Fsp3) is 0.455. The highest BCUT2D eigenvalue weighted by Gasteiger charge is 2.17. The minimum absolute atomic E-state index is 0.0688. The van der Waals surface area contributed by atoms with Gasteiger partial charge in [0, 0.05) is 0 Å². The molecule has 0 radical (unpaired) electrons. The van der Waals surface area contributed by atoms with Crippen molar-refractivity contribution in [1.29, 1.82) is 0 Å². The molecule has 0 fully saturated rings. The van der Waals surface area contributed by atoms with Crippen molar-refractivity contribution in [3.05, 3.63) is 71.1 Å². The molecule has 1 rings (SSSR count). The van der Waals surface area contributed by atoms with E-state index in [0.29, 0.717) is 18.8 Å². The van der Waals surface area contributed by atoms with E-state index in [-0.39, 0.29) is 22.9 Å². The summed E-state index contributed by atoms with van der Waals surface area (Å²) in [5, 5.41) is 0. The Morgan fingerprint density at radius 2 is 1.68 bits per heavy atom. The second-order valence-corrected chi connectivity index (χ2v) is 7.15. The number of hydrogen-bond donors (Lipinski definition) is 0. The van der Waals surface area contributed by atoms with Gasteiger partial charge < -0.3 is 0 Å². The third kappa shape index (κ3) is 6.56. The van der Waals surface area contributed by atoms with Gasteiger partial charge in [-0.25, -0.2) is 13.2 Å². The molecule has 2 unspecified atom stereocenters. The van der Waals surface area contributed by atoms with Gasteiger partial charge in [0.15, 0.2) is 11.7 Å². The molecule has 1 aromatic rings. The van der Waals surface area contributed by atoms with Crippen LogP contribution in [0.1, 0.15) is 51.2 Å². The van der Waals surface area contributed by atoms with Crippen LogP contribution in [0.5, 0.6) is 0 Å². The minimum Gasteiger partial charge on any atom is -0.207 e. The van der Waals surface area contributed by atoms with Crippen molar-refractivity contribution in [2.45, 2.75) is 53.4 Å². The lowest BCUT2D eigenvalue weighted by molar-refractivity contribution is 0.426. The fourth-order valence-electron chi connectivity index (χ4n) is 2.65. The van der Waals surface area contributed by atoms with Crippen LogP contribution >= 0.6 is 0 Å². The summed E-state index contributed by atoms with van der Waals surface area (Å²) in [6.45, 7) is 14.3. The van der Waals surface area contributed by atoms with Crippen molar-refractivity contribution < 1.29 is 13.2 Å². The Hall–Kier alpha value is -1.77. The maximum absolute atomic E-state index is 14.0. The maximum Gasteiger partial charge on any atom is 0.161 e. The smallest absolute Gasteiger partial charge is 0.161 e. The van der Waals surface area contributed by atoms with Crippen LogP contribution in [0.2, 0.25) is 0 Å². The monoisotopic (exact) mass is 350 g/mol. The van der Waals surface area contributed by atoms with Crippen LogP contribution in [-0.4, -0.2) is 0 Å². The van der Waals surface area contributed by atoms with Crippen LogP contribution in [-0.2, 0) is 6.42 Å². The van der Waals surface area contributed by atoms with Gasteiger partial charge in [0.2, 0.25) is 0 Å². The zero-order valence-corrected chi connectivity index (χ0v) is 15.8. The van der Waals surface area contributed by atoms with E-state index in [1.165, 1.54) is 6.92 Å². The van der Waals surface area contributed by atoms with Gasteiger partial charge in [0.25, 0.3) is 0 Å². The quantitative estimate of drug-likeness (QED) is 0.407. The average molecular weight is 350 g/mol. The van der Waals surface area contributed by atoms with Gasteiger partial charge in [-0.3, -0.25) is 0 Å². The highest BCUT2D eigenvalue weighted by Crippen LogP contribution is 2.30. The maximum atomic E-state index is 14.0. The lowest BCUT2D eigenvalue weighted by Gasteiger charge is -2.17. The van der Waals surface area contributed by atoms with Crippen LogP contribution < -0.4 is 0 Å². The zero-order chi connectivity index (χ0) is 19.1. The Morgan fingerprint density at radius 1 is 1.04 bits per heavy atom. The standard InChI is InChI=1S/C22H29F3/c1-14(2)21(24)22(25)18(6)17(5)10-7-15(3)8-11-19-12-9-16(4)13-20(19)23/h9,12-13,15,17H,1,6-8,10-11H2,2-5H3/b22-21-. The first kappa shape index (κ1) is 21.3. The fourth-order valence-corrected chi connectivity index (χ4v) is 2.65. The first-order valence-electron chi connectivity index (χ1n) is 8.78. The average Bonchev–Trinajstić information content (AvgIpc) is 2.56. The highest BCUT2D eigenvalue weighted by molar-refractivity contribution is 5.34. The minimum atomic E-state index is -0.917. The summed E-state index contributed by atoms with van der Waals surface area (Å²) in [4.78, 5) is 0. The number of aryl methyl sites for hydroxylation is 2. The SMILES string of the molecule is C=C(C)/C(F)=C(/F)C(=C)C(C)CCC(C)CCc1ccc(C)cc1F. The molecule has 0 saturated carbocycles. The Morgan fingerprint density at radius 3 is 2.24 bits per heavy atom. The predicted molar refractivity (Wildman–Crippen MR) is 100 cm³/mol. The summed E-state index contributed by atoms with van der Waals surface area (Å²) in [6, 6.07) is 5.31. The van der Waals surface area contributed by atoms with Gasteiger partial charge in [0.05, 0.1) is 0 Å². The van der Waals surface area contributed by atoms with E-state index in [0.717, 1.165) is 24.0 Å². The van der Waals surface area contributed by atoms with E-state index in [1.807, 2.05) is 26.0 Å². The molecule has 0 aliphatic rings. The van der Waals surface area contributed by atoms with E-state index >= 15 is 0 Å². The Balaban J connectivity index is 2.50. The molecule has 25 heavy (non-hydrogen) atoms. The molecule has 3 heteroatoms. The Kier molecular flexibility index (Phi) is 8.21. The molecule has 0 nitrogen and oxygen atoms in total. The van der Waals surface area contributed by atoms with Crippen molar-refractivity contribution >= 4 is 0 Å². The molecule has 0 spiro atoms. The van der Waals surface area contributed by atoms with E-state index in [9.17, 15) is 13.2 Å². The van der Waals surface area contributed by atoms with Crippen molar-refractivity contribution in [3.63, 3.8) is 0 Å². The van der Waals surface area contributed by atoms with Gasteiger partial charge in [-0.1, -0.05) is 45.6 Å². The molecule has 1 aromatic carbocycles. The molecule has 0 saturated heterocycles. The summed E-state index contributed by atoms with van der Waals surface area (Å²) in [5.41, 5.74) is 1.89. The molecule has 0 bridgehead atoms. The Bertz CT molecular complexity index is 655. The number of hydrogen-bond acceptors (Lipinski definition) is 0. The van der Waals surface area contributed by atoms with E-state index in [4.69, 9.17) is 0 Å². The molecule has 0 N–H and O–H groups in total. The molecular formula is C22H29F3. The molecule has 0 aliphatic heterocycles. The van der Waals surface area contributed by atoms with Crippen molar-refractivity contribution in [1.82, 2.24) is 0 Å². The molecule has 2 atom stereocenters. The largest absolute Gasteiger partial charge is 0.207 e. The topological polar surface area (TPSA) is 0 Å². The van der Waals surface area contributed by atoms with Crippen molar-refractivity contribution in [3.8, 4) is 0 Å². The number of allylic oxidation sites excluding steroid dienone is 4. The van der Waals surface area contributed by atoms with Gasteiger partial charge in [-0.05, 0) is 73.3 Å². The molecule has 0 aromatic heterocycles. The number of rotatable bonds is 9. The number of halogens is 3.